The Kier molecular flexibility index (Phi) is 11.6. The molecule has 4 rings (SSSR count). The molecule has 2 aromatic heterocycles. The number of nitrogens with one attached hydrogen (secondary N) is 2. The number of hydrogen-bond acceptors (Lipinski definition) is 11. The molecule has 0 spiro atoms. The zero-order valence-electron chi connectivity index (χ0n) is 28.3. The fraction of sp³-hybridized carbons (Fsp3) is 0.424. The standard InChI is InChI=1S/C33H34ClF3N6O7S/c1-31(2,3)23(40-30(47)50-32(4,5)6)26(44)48-28(27(45)51-19-10-8-7-9-11-19)49-29(46)41-25-22(17-12-13-17)21(15-38)42-43(25)24-20(34)14-18(16-39-24)33(35,36)37/h7-11,14,16-17,23,28H,12-13H2,1-6H3,(H,40,47)(H,41,46)/t23-,28?/m1/s1. The number of carbonyl (C=O) groups is 4. The van der Waals surface area contributed by atoms with Gasteiger partial charge >= 0.3 is 30.6 Å². The Labute approximate surface area is 300 Å². The topological polar surface area (TPSA) is 175 Å². The van der Waals surface area contributed by atoms with Gasteiger partial charge in [0, 0.05) is 16.7 Å². The third-order valence-corrected chi connectivity index (χ3v) is 8.12. The molecule has 1 aliphatic rings. The Morgan fingerprint density at radius 2 is 1.69 bits per heavy atom. The van der Waals surface area contributed by atoms with Crippen molar-refractivity contribution < 1.29 is 46.6 Å². The van der Waals surface area contributed by atoms with Crippen LogP contribution < -0.4 is 10.6 Å². The van der Waals surface area contributed by atoms with Crippen LogP contribution in [0.4, 0.5) is 28.6 Å². The number of amides is 2. The number of benzene rings is 1. The molecule has 1 aliphatic carbocycles. The summed E-state index contributed by atoms with van der Waals surface area (Å²) in [6.07, 6.45) is -7.53. The quantitative estimate of drug-likeness (QED) is 0.127. The molecule has 2 atom stereocenters. The van der Waals surface area contributed by atoms with E-state index in [1.54, 1.807) is 71.9 Å². The van der Waals surface area contributed by atoms with Gasteiger partial charge < -0.3 is 19.5 Å². The van der Waals surface area contributed by atoms with Gasteiger partial charge in [-0.05, 0) is 74.9 Å². The van der Waals surface area contributed by atoms with E-state index in [-0.39, 0.29) is 28.8 Å². The SMILES string of the molecule is CC(C)(C)OC(=O)N[C@H](C(=O)OC(OC(=O)Nc1c(C2CC2)c(C#N)nn1-c1ncc(C(F)(F)F)cc1Cl)C(=O)Sc1ccccc1)C(C)(C)C. The zero-order chi connectivity index (χ0) is 37.9. The van der Waals surface area contributed by atoms with Gasteiger partial charge in [0.05, 0.1) is 10.6 Å². The minimum atomic E-state index is -4.76. The summed E-state index contributed by atoms with van der Waals surface area (Å²) in [5.74, 6) is -1.94. The van der Waals surface area contributed by atoms with E-state index in [4.69, 9.17) is 25.8 Å². The van der Waals surface area contributed by atoms with Crippen LogP contribution >= 0.6 is 23.4 Å². The molecule has 0 saturated heterocycles. The second kappa shape index (κ2) is 15.2. The maximum Gasteiger partial charge on any atom is 0.417 e. The Morgan fingerprint density at radius 3 is 2.22 bits per heavy atom. The first-order chi connectivity index (χ1) is 23.7. The van der Waals surface area contributed by atoms with E-state index in [0.29, 0.717) is 41.8 Å². The molecule has 1 fully saturated rings. The number of alkyl carbamates (subject to hydrolysis) is 1. The third-order valence-electron chi connectivity index (χ3n) is 6.94. The van der Waals surface area contributed by atoms with Crippen molar-refractivity contribution in [2.45, 2.75) is 89.3 Å². The number of thioether (sulfide) groups is 1. The molecule has 3 aromatic rings. The summed E-state index contributed by atoms with van der Waals surface area (Å²) in [4.78, 5) is 57.4. The van der Waals surface area contributed by atoms with Crippen molar-refractivity contribution in [3.05, 3.63) is 64.4 Å². The van der Waals surface area contributed by atoms with Crippen molar-refractivity contribution in [3.8, 4) is 11.9 Å². The van der Waals surface area contributed by atoms with Crippen LogP contribution in [0.2, 0.25) is 5.02 Å². The minimum Gasteiger partial charge on any atom is -0.444 e. The number of pyridine rings is 1. The normalized spacial score (nSPS) is 14.5. The van der Waals surface area contributed by atoms with E-state index < -0.39 is 63.4 Å². The molecule has 1 aromatic carbocycles. The molecule has 13 nitrogen and oxygen atoms in total. The summed E-state index contributed by atoms with van der Waals surface area (Å²) in [7, 11) is 0. The summed E-state index contributed by atoms with van der Waals surface area (Å²) < 4.78 is 56.9. The van der Waals surface area contributed by atoms with Gasteiger partial charge in [-0.1, -0.05) is 50.6 Å². The molecule has 2 N–H and O–H groups in total. The highest BCUT2D eigenvalue weighted by molar-refractivity contribution is 8.13. The van der Waals surface area contributed by atoms with Crippen LogP contribution in [0.5, 0.6) is 0 Å². The van der Waals surface area contributed by atoms with Crippen molar-refractivity contribution in [1.82, 2.24) is 20.1 Å². The number of nitriles is 1. The van der Waals surface area contributed by atoms with Gasteiger partial charge in [-0.15, -0.1) is 0 Å². The predicted octanol–water partition coefficient (Wildman–Crippen LogP) is 7.36. The maximum absolute atomic E-state index is 13.5. The lowest BCUT2D eigenvalue weighted by Crippen LogP contribution is -2.52. The smallest absolute Gasteiger partial charge is 0.417 e. The first-order valence-electron chi connectivity index (χ1n) is 15.4. The Balaban J connectivity index is 1.67. The van der Waals surface area contributed by atoms with Crippen molar-refractivity contribution >= 4 is 52.5 Å². The summed E-state index contributed by atoms with van der Waals surface area (Å²) in [5, 5.41) is 17.4. The highest BCUT2D eigenvalue weighted by atomic mass is 35.5. The van der Waals surface area contributed by atoms with Crippen LogP contribution in [0, 0.1) is 16.7 Å². The summed E-state index contributed by atoms with van der Waals surface area (Å²) >= 11 is 6.78. The van der Waals surface area contributed by atoms with Crippen LogP contribution in [0.15, 0.2) is 47.5 Å². The number of aromatic nitrogens is 3. The number of halogens is 4. The van der Waals surface area contributed by atoms with E-state index in [0.717, 1.165) is 4.68 Å². The van der Waals surface area contributed by atoms with E-state index >= 15 is 0 Å². The summed E-state index contributed by atoms with van der Waals surface area (Å²) in [5.41, 5.74) is -2.96. The molecule has 0 radical (unpaired) electrons. The van der Waals surface area contributed by atoms with Gasteiger partial charge in [0.2, 0.25) is 0 Å². The molecule has 272 valence electrons. The zero-order valence-corrected chi connectivity index (χ0v) is 29.8. The third kappa shape index (κ3) is 10.4. The molecule has 1 saturated carbocycles. The fourth-order valence-electron chi connectivity index (χ4n) is 4.51. The number of anilines is 1. The molecule has 0 aliphatic heterocycles. The van der Waals surface area contributed by atoms with Crippen molar-refractivity contribution in [3.63, 3.8) is 0 Å². The lowest BCUT2D eigenvalue weighted by atomic mass is 9.87. The Morgan fingerprint density at radius 1 is 1.04 bits per heavy atom. The summed E-state index contributed by atoms with van der Waals surface area (Å²) in [6.45, 7) is 9.73. The lowest BCUT2D eigenvalue weighted by Gasteiger charge is -2.31. The monoisotopic (exact) mass is 750 g/mol. The molecule has 1 unspecified atom stereocenters. The maximum atomic E-state index is 13.5. The minimum absolute atomic E-state index is 0.162. The number of esters is 1. The number of nitrogens with zero attached hydrogens (tertiary/aromatic N) is 4. The average Bonchev–Trinajstić information content (AvgIpc) is 3.79. The second-order valence-corrected chi connectivity index (χ2v) is 14.9. The molecule has 2 heterocycles. The first-order valence-corrected chi connectivity index (χ1v) is 16.6. The van der Waals surface area contributed by atoms with Gasteiger partial charge in [0.25, 0.3) is 5.12 Å². The van der Waals surface area contributed by atoms with E-state index in [9.17, 15) is 37.6 Å². The van der Waals surface area contributed by atoms with Gasteiger partial charge in [-0.2, -0.15) is 28.2 Å². The number of alkyl halides is 3. The summed E-state index contributed by atoms with van der Waals surface area (Å²) in [6, 6.07) is 9.32. The lowest BCUT2D eigenvalue weighted by molar-refractivity contribution is -0.175. The van der Waals surface area contributed by atoms with Gasteiger partial charge in [0.1, 0.15) is 23.5 Å². The first kappa shape index (κ1) is 39.0. The van der Waals surface area contributed by atoms with E-state index in [2.05, 4.69) is 20.7 Å². The van der Waals surface area contributed by atoms with E-state index in [1.807, 2.05) is 6.07 Å². The Hall–Kier alpha value is -4.82. The molecule has 0 bridgehead atoms. The molecular formula is C33H34ClF3N6O7S. The molecule has 18 heteroatoms. The molecule has 2 amide bonds. The highest BCUT2D eigenvalue weighted by Crippen LogP contribution is 2.46. The largest absolute Gasteiger partial charge is 0.444 e. The van der Waals surface area contributed by atoms with E-state index in [1.165, 1.54) is 0 Å². The van der Waals surface area contributed by atoms with Gasteiger partial charge in [-0.25, -0.2) is 19.4 Å². The number of rotatable bonds is 9. The number of ether oxygens (including phenoxy) is 3. The van der Waals surface area contributed by atoms with Crippen LogP contribution in [0.1, 0.15) is 77.1 Å². The van der Waals surface area contributed by atoms with Gasteiger partial charge in [-0.3, -0.25) is 10.1 Å². The second-order valence-electron chi connectivity index (χ2n) is 13.4. The average molecular weight is 751 g/mol. The number of carbonyl (C=O) groups excluding carboxylic acids is 4. The number of hydrogen-bond donors (Lipinski definition) is 2. The van der Waals surface area contributed by atoms with Crippen LogP contribution in [-0.2, 0) is 30.0 Å². The van der Waals surface area contributed by atoms with Crippen LogP contribution in [0.3, 0.4) is 0 Å². The van der Waals surface area contributed by atoms with Crippen LogP contribution in [-0.4, -0.2) is 56.0 Å². The fourth-order valence-corrected chi connectivity index (χ4v) is 5.48. The van der Waals surface area contributed by atoms with Crippen molar-refractivity contribution in [1.29, 1.82) is 5.26 Å². The van der Waals surface area contributed by atoms with Crippen LogP contribution in [0.25, 0.3) is 5.82 Å². The Bertz CT molecular complexity index is 1850. The van der Waals surface area contributed by atoms with Gasteiger partial charge in [0.15, 0.2) is 11.5 Å². The predicted molar refractivity (Wildman–Crippen MR) is 178 cm³/mol. The molecular weight excluding hydrogens is 717 g/mol. The highest BCUT2D eigenvalue weighted by Gasteiger charge is 2.40. The van der Waals surface area contributed by atoms with Crippen molar-refractivity contribution in [2.24, 2.45) is 5.41 Å². The molecule has 51 heavy (non-hydrogen) atoms. The van der Waals surface area contributed by atoms with Crippen molar-refractivity contribution in [2.75, 3.05) is 5.32 Å².